The second-order valence-corrected chi connectivity index (χ2v) is 6.11. The Morgan fingerprint density at radius 2 is 1.89 bits per heavy atom. The van der Waals surface area contributed by atoms with Crippen LogP contribution in [0.3, 0.4) is 0 Å². The summed E-state index contributed by atoms with van der Waals surface area (Å²) in [5.41, 5.74) is 5.77. The molecule has 0 aromatic heterocycles. The summed E-state index contributed by atoms with van der Waals surface area (Å²) in [5.74, 6) is 0.214. The van der Waals surface area contributed by atoms with Gasteiger partial charge in [0.05, 0.1) is 0 Å². The van der Waals surface area contributed by atoms with Gasteiger partial charge in [0, 0.05) is 31.6 Å². The molecule has 1 fully saturated rings. The molecule has 1 aliphatic heterocycles. The molecule has 2 N–H and O–H groups in total. The Hall–Kier alpha value is -0.650. The largest absolute Gasteiger partial charge is 0.338 e. The molecule has 1 saturated heterocycles. The first-order valence-electron chi connectivity index (χ1n) is 7.28. The van der Waals surface area contributed by atoms with Crippen molar-refractivity contribution in [2.24, 2.45) is 5.73 Å². The lowest BCUT2D eigenvalue weighted by atomic mass is 10.0. The van der Waals surface area contributed by atoms with E-state index in [2.05, 4.69) is 21.7 Å². The van der Waals surface area contributed by atoms with Gasteiger partial charge in [-0.2, -0.15) is 0 Å². The van der Waals surface area contributed by atoms with Crippen molar-refractivity contribution in [3.05, 3.63) is 0 Å². The summed E-state index contributed by atoms with van der Waals surface area (Å²) in [6.45, 7) is 5.78. The second-order valence-electron chi connectivity index (χ2n) is 6.11. The molecule has 5 nitrogen and oxygen atoms in total. The molecule has 1 atom stereocenters. The van der Waals surface area contributed by atoms with E-state index in [0.717, 1.165) is 39.0 Å². The number of rotatable bonds is 6. The zero-order valence-electron chi connectivity index (χ0n) is 12.9. The quantitative estimate of drug-likeness (QED) is 0.749. The Bertz CT molecular complexity index is 273. The Morgan fingerprint density at radius 3 is 2.37 bits per heavy atom. The first-order valence-corrected chi connectivity index (χ1v) is 7.28. The van der Waals surface area contributed by atoms with E-state index in [1.54, 1.807) is 0 Å². The summed E-state index contributed by atoms with van der Waals surface area (Å²) in [6.07, 6.45) is 2.61. The zero-order valence-corrected chi connectivity index (χ0v) is 12.9. The third-order valence-corrected chi connectivity index (χ3v) is 3.73. The van der Waals surface area contributed by atoms with Crippen LogP contribution in [0, 0.1) is 0 Å². The molecule has 1 amide bonds. The van der Waals surface area contributed by atoms with Crippen molar-refractivity contribution in [3.8, 4) is 0 Å². The van der Waals surface area contributed by atoms with E-state index >= 15 is 0 Å². The minimum Gasteiger partial charge on any atom is -0.338 e. The van der Waals surface area contributed by atoms with Gasteiger partial charge in [-0.05, 0) is 54.0 Å². The molecule has 1 aliphatic rings. The molecule has 1 rings (SSSR count). The average Bonchev–Trinajstić information content (AvgIpc) is 2.30. The number of nitrogens with two attached hydrogens (primary N) is 1. The highest BCUT2D eigenvalue weighted by molar-refractivity contribution is 5.77. The summed E-state index contributed by atoms with van der Waals surface area (Å²) in [4.78, 5) is 18.9. The number of likely N-dealkylation sites (tertiary alicyclic amines) is 1. The molecule has 0 saturated carbocycles. The number of piperidine rings is 1. The van der Waals surface area contributed by atoms with E-state index in [9.17, 15) is 4.79 Å². The van der Waals surface area contributed by atoms with Crippen LogP contribution in [0.2, 0.25) is 0 Å². The lowest BCUT2D eigenvalue weighted by Crippen LogP contribution is -2.49. The summed E-state index contributed by atoms with van der Waals surface area (Å²) >= 11 is 0. The van der Waals surface area contributed by atoms with Crippen molar-refractivity contribution in [1.82, 2.24) is 14.7 Å². The van der Waals surface area contributed by atoms with Crippen molar-refractivity contribution < 1.29 is 4.79 Å². The normalized spacial score (nSPS) is 19.7. The van der Waals surface area contributed by atoms with Crippen LogP contribution in [0.4, 0.5) is 0 Å². The summed E-state index contributed by atoms with van der Waals surface area (Å²) in [5, 5.41) is 0. The van der Waals surface area contributed by atoms with Crippen LogP contribution in [0.1, 0.15) is 26.2 Å². The highest BCUT2D eigenvalue weighted by Gasteiger charge is 2.26. The summed E-state index contributed by atoms with van der Waals surface area (Å²) < 4.78 is 0. The maximum absolute atomic E-state index is 12.4. The van der Waals surface area contributed by atoms with Gasteiger partial charge in [0.15, 0.2) is 0 Å². The number of likely N-dealkylation sites (N-methyl/N-ethyl adjacent to an activating group) is 1. The summed E-state index contributed by atoms with van der Waals surface area (Å²) in [7, 11) is 6.23. The molecule has 0 aromatic rings. The minimum atomic E-state index is -0.0550. The molecule has 5 heteroatoms. The molecule has 1 unspecified atom stereocenters. The van der Waals surface area contributed by atoms with Crippen LogP contribution in [0.25, 0.3) is 0 Å². The molecule has 0 aromatic carbocycles. The first kappa shape index (κ1) is 16.4. The Morgan fingerprint density at radius 1 is 1.32 bits per heavy atom. The van der Waals surface area contributed by atoms with Crippen molar-refractivity contribution in [1.29, 1.82) is 0 Å². The van der Waals surface area contributed by atoms with Gasteiger partial charge >= 0.3 is 0 Å². The van der Waals surface area contributed by atoms with Gasteiger partial charge in [-0.25, -0.2) is 0 Å². The lowest BCUT2D eigenvalue weighted by molar-refractivity contribution is -0.135. The third-order valence-electron chi connectivity index (χ3n) is 3.73. The van der Waals surface area contributed by atoms with Crippen LogP contribution >= 0.6 is 0 Å². The van der Waals surface area contributed by atoms with Crippen LogP contribution in [0.15, 0.2) is 0 Å². The number of nitrogens with zero attached hydrogens (tertiary/aromatic N) is 3. The van der Waals surface area contributed by atoms with Gasteiger partial charge in [-0.3, -0.25) is 4.79 Å². The minimum absolute atomic E-state index is 0.0550. The molecule has 1 heterocycles. The van der Waals surface area contributed by atoms with E-state index in [0.29, 0.717) is 12.5 Å². The fraction of sp³-hybridized carbons (Fsp3) is 0.929. The number of hydrogen-bond donors (Lipinski definition) is 1. The highest BCUT2D eigenvalue weighted by Crippen LogP contribution is 2.16. The number of carbonyl (C=O) groups excluding carboxylic acids is 1. The lowest BCUT2D eigenvalue weighted by Gasteiger charge is -2.38. The van der Waals surface area contributed by atoms with Gasteiger partial charge in [-0.15, -0.1) is 0 Å². The van der Waals surface area contributed by atoms with Crippen molar-refractivity contribution >= 4 is 5.91 Å². The van der Waals surface area contributed by atoms with E-state index in [4.69, 9.17) is 5.73 Å². The zero-order chi connectivity index (χ0) is 14.4. The van der Waals surface area contributed by atoms with Crippen LogP contribution in [-0.2, 0) is 4.79 Å². The van der Waals surface area contributed by atoms with Gasteiger partial charge in [0.2, 0.25) is 5.91 Å². The maximum atomic E-state index is 12.4. The first-order chi connectivity index (χ1) is 8.90. The number of amides is 1. The number of carbonyl (C=O) groups is 1. The molecular formula is C14H30N4O. The average molecular weight is 270 g/mol. The molecule has 112 valence electrons. The van der Waals surface area contributed by atoms with Gasteiger partial charge in [-0.1, -0.05) is 0 Å². The molecule has 19 heavy (non-hydrogen) atoms. The van der Waals surface area contributed by atoms with Gasteiger partial charge < -0.3 is 20.4 Å². The Balaban J connectivity index is 2.60. The van der Waals surface area contributed by atoms with E-state index in [-0.39, 0.29) is 11.9 Å². The topological polar surface area (TPSA) is 52.8 Å². The summed E-state index contributed by atoms with van der Waals surface area (Å²) in [6, 6.07) is 0.336. The fourth-order valence-corrected chi connectivity index (χ4v) is 2.52. The van der Waals surface area contributed by atoms with Crippen molar-refractivity contribution in [2.45, 2.75) is 38.3 Å². The molecule has 0 radical (unpaired) electrons. The van der Waals surface area contributed by atoms with Gasteiger partial charge in [0.1, 0.15) is 0 Å². The monoisotopic (exact) mass is 270 g/mol. The third kappa shape index (κ3) is 5.89. The van der Waals surface area contributed by atoms with Crippen LogP contribution < -0.4 is 5.73 Å². The number of hydrogen-bond acceptors (Lipinski definition) is 4. The molecular weight excluding hydrogens is 240 g/mol. The van der Waals surface area contributed by atoms with Crippen molar-refractivity contribution in [3.63, 3.8) is 0 Å². The fourth-order valence-electron chi connectivity index (χ4n) is 2.52. The predicted molar refractivity (Wildman–Crippen MR) is 79.1 cm³/mol. The van der Waals surface area contributed by atoms with Gasteiger partial charge in [0.25, 0.3) is 0 Å². The Kier molecular flexibility index (Phi) is 6.75. The van der Waals surface area contributed by atoms with E-state index in [1.807, 2.05) is 21.0 Å². The Labute approximate surface area is 117 Å². The highest BCUT2D eigenvalue weighted by atomic mass is 16.2. The maximum Gasteiger partial charge on any atom is 0.224 e. The van der Waals surface area contributed by atoms with Crippen LogP contribution in [0.5, 0.6) is 0 Å². The van der Waals surface area contributed by atoms with Crippen LogP contribution in [-0.4, -0.2) is 80.0 Å². The standard InChI is InChI=1S/C14H30N4O/c1-12(15)11-14(19)18(10-9-16(2)3)13-5-7-17(4)8-6-13/h12-13H,5-11,15H2,1-4H3. The van der Waals surface area contributed by atoms with Crippen molar-refractivity contribution in [2.75, 3.05) is 47.3 Å². The van der Waals surface area contributed by atoms with E-state index in [1.165, 1.54) is 0 Å². The SMILES string of the molecule is CC(N)CC(=O)N(CCN(C)C)C1CCN(C)CC1. The predicted octanol–water partition coefficient (Wildman–Crippen LogP) is 0.208. The second kappa shape index (κ2) is 7.82. The van der Waals surface area contributed by atoms with E-state index < -0.39 is 0 Å². The molecule has 0 spiro atoms. The molecule has 0 bridgehead atoms. The smallest absolute Gasteiger partial charge is 0.224 e. The molecule has 0 aliphatic carbocycles.